The molecule has 1 heterocycles. The molecule has 0 aromatic carbocycles. The molecule has 28 heavy (non-hydrogen) atoms. The molecular formula is C23H43NO4. The Morgan fingerprint density at radius 1 is 0.857 bits per heavy atom. The van der Waals surface area contributed by atoms with Gasteiger partial charge in [-0.2, -0.15) is 0 Å². The molecule has 1 fully saturated rings. The maximum Gasteiger partial charge on any atom is 0.303 e. The monoisotopic (exact) mass is 397 g/mol. The third kappa shape index (κ3) is 12.4. The van der Waals surface area contributed by atoms with Crippen LogP contribution in [0.4, 0.5) is 0 Å². The van der Waals surface area contributed by atoms with Crippen molar-refractivity contribution in [3.8, 4) is 0 Å². The molecule has 1 unspecified atom stereocenters. The van der Waals surface area contributed by atoms with Gasteiger partial charge in [-0.05, 0) is 32.6 Å². The Balaban J connectivity index is 1.86. The number of nitrogens with zero attached hydrogens (tertiary/aromatic N) is 1. The van der Waals surface area contributed by atoms with Crippen molar-refractivity contribution in [3.05, 3.63) is 0 Å². The molecule has 0 aromatic rings. The Hall–Kier alpha value is -1.10. The van der Waals surface area contributed by atoms with Crippen molar-refractivity contribution >= 4 is 11.9 Å². The van der Waals surface area contributed by atoms with Crippen LogP contribution in [0.25, 0.3) is 0 Å². The summed E-state index contributed by atoms with van der Waals surface area (Å²) in [6, 6.07) is 0.310. The van der Waals surface area contributed by atoms with E-state index < -0.39 is 5.97 Å². The number of rotatable bonds is 18. The number of hydrogen-bond acceptors (Lipinski definition) is 3. The van der Waals surface area contributed by atoms with Crippen molar-refractivity contribution in [1.29, 1.82) is 0 Å². The van der Waals surface area contributed by atoms with Gasteiger partial charge in [0.15, 0.2) is 0 Å². The zero-order valence-corrected chi connectivity index (χ0v) is 18.1. The molecule has 0 radical (unpaired) electrons. The summed E-state index contributed by atoms with van der Waals surface area (Å²) in [5, 5.41) is 8.58. The molecule has 1 rings (SSSR count). The van der Waals surface area contributed by atoms with Gasteiger partial charge in [0.05, 0.1) is 12.6 Å². The molecule has 1 amide bonds. The molecule has 164 valence electrons. The predicted molar refractivity (Wildman–Crippen MR) is 114 cm³/mol. The Morgan fingerprint density at radius 2 is 1.36 bits per heavy atom. The molecule has 1 saturated heterocycles. The molecule has 0 aromatic heterocycles. The second-order valence-electron chi connectivity index (χ2n) is 8.18. The molecule has 0 saturated carbocycles. The van der Waals surface area contributed by atoms with Gasteiger partial charge in [-0.15, -0.1) is 0 Å². The van der Waals surface area contributed by atoms with E-state index in [2.05, 4.69) is 4.90 Å². The average molecular weight is 398 g/mol. The molecule has 0 spiro atoms. The number of amides is 1. The fourth-order valence-electron chi connectivity index (χ4n) is 4.06. The van der Waals surface area contributed by atoms with E-state index in [4.69, 9.17) is 9.84 Å². The number of unbranched alkanes of at least 4 members (excludes halogenated alkanes) is 11. The third-order valence-electron chi connectivity index (χ3n) is 5.74. The van der Waals surface area contributed by atoms with Crippen molar-refractivity contribution in [2.45, 2.75) is 116 Å². The maximum absolute atomic E-state index is 12.4. The minimum absolute atomic E-state index is 0.310. The molecule has 1 N–H and O–H groups in total. The lowest BCUT2D eigenvalue weighted by Crippen LogP contribution is -2.38. The Labute approximate surface area is 172 Å². The van der Waals surface area contributed by atoms with Crippen LogP contribution in [-0.2, 0) is 14.3 Å². The first-order valence-electron chi connectivity index (χ1n) is 11.7. The van der Waals surface area contributed by atoms with Crippen molar-refractivity contribution in [1.82, 2.24) is 4.90 Å². The van der Waals surface area contributed by atoms with Crippen LogP contribution in [0.15, 0.2) is 0 Å². The summed E-state index contributed by atoms with van der Waals surface area (Å²) in [5.74, 6) is -0.350. The van der Waals surface area contributed by atoms with Crippen LogP contribution in [0.5, 0.6) is 0 Å². The first-order chi connectivity index (χ1) is 13.6. The first-order valence-corrected chi connectivity index (χ1v) is 11.7. The normalized spacial score (nSPS) is 16.6. The van der Waals surface area contributed by atoms with Crippen molar-refractivity contribution in [3.63, 3.8) is 0 Å². The van der Waals surface area contributed by atoms with Crippen LogP contribution in [0.1, 0.15) is 110 Å². The molecule has 0 bridgehead atoms. The molecule has 1 atom stereocenters. The van der Waals surface area contributed by atoms with Gasteiger partial charge in [-0.3, -0.25) is 9.59 Å². The van der Waals surface area contributed by atoms with E-state index in [1.807, 2.05) is 6.92 Å². The predicted octanol–water partition coefficient (Wildman–Crippen LogP) is 5.56. The minimum Gasteiger partial charge on any atom is -0.481 e. The van der Waals surface area contributed by atoms with Gasteiger partial charge in [0.1, 0.15) is 0 Å². The highest BCUT2D eigenvalue weighted by Gasteiger charge is 2.27. The highest BCUT2D eigenvalue weighted by atomic mass is 16.5. The number of ether oxygens (including phenoxy) is 1. The third-order valence-corrected chi connectivity index (χ3v) is 5.74. The average Bonchev–Trinajstić information content (AvgIpc) is 3.14. The highest BCUT2D eigenvalue weighted by Crippen LogP contribution is 2.20. The van der Waals surface area contributed by atoms with Crippen molar-refractivity contribution in [2.24, 2.45) is 0 Å². The van der Waals surface area contributed by atoms with Crippen LogP contribution < -0.4 is 0 Å². The lowest BCUT2D eigenvalue weighted by atomic mass is 10.0. The SMILES string of the molecule is CCOCC1CCCN1C(=O)CCCCCCCCCCCCCCC(=O)O. The zero-order chi connectivity index (χ0) is 20.5. The van der Waals surface area contributed by atoms with Crippen molar-refractivity contribution in [2.75, 3.05) is 19.8 Å². The van der Waals surface area contributed by atoms with Crippen LogP contribution in [0.2, 0.25) is 0 Å². The van der Waals surface area contributed by atoms with Crippen LogP contribution in [0, 0.1) is 0 Å². The van der Waals surface area contributed by atoms with Gasteiger partial charge in [-0.25, -0.2) is 0 Å². The summed E-state index contributed by atoms with van der Waals surface area (Å²) >= 11 is 0. The largest absolute Gasteiger partial charge is 0.481 e. The molecule has 1 aliphatic rings. The maximum atomic E-state index is 12.4. The van der Waals surface area contributed by atoms with Crippen molar-refractivity contribution < 1.29 is 19.4 Å². The molecule has 1 aliphatic heterocycles. The Morgan fingerprint density at radius 3 is 1.86 bits per heavy atom. The second kappa shape index (κ2) is 16.8. The van der Waals surface area contributed by atoms with E-state index in [1.165, 1.54) is 57.8 Å². The fourth-order valence-corrected chi connectivity index (χ4v) is 4.06. The lowest BCUT2D eigenvalue weighted by molar-refractivity contribution is -0.137. The van der Waals surface area contributed by atoms with Gasteiger partial charge in [0.25, 0.3) is 0 Å². The minimum atomic E-state index is -0.675. The summed E-state index contributed by atoms with van der Waals surface area (Å²) in [4.78, 5) is 24.9. The van der Waals surface area contributed by atoms with E-state index in [9.17, 15) is 9.59 Å². The summed E-state index contributed by atoms with van der Waals surface area (Å²) in [6.45, 7) is 4.35. The van der Waals surface area contributed by atoms with Gasteiger partial charge in [0.2, 0.25) is 5.91 Å². The second-order valence-corrected chi connectivity index (χ2v) is 8.18. The molecule has 5 heteroatoms. The van der Waals surface area contributed by atoms with E-state index in [0.29, 0.717) is 31.4 Å². The first kappa shape index (κ1) is 24.9. The number of likely N-dealkylation sites (tertiary alicyclic amines) is 1. The van der Waals surface area contributed by atoms with Gasteiger partial charge >= 0.3 is 5.97 Å². The number of carbonyl (C=O) groups excluding carboxylic acids is 1. The highest BCUT2D eigenvalue weighted by molar-refractivity contribution is 5.76. The topological polar surface area (TPSA) is 66.8 Å². The Kier molecular flexibility index (Phi) is 15.0. The standard InChI is InChI=1S/C23H43NO4/c1-2-28-20-21-16-15-19-24(21)22(25)17-13-11-9-7-5-3-4-6-8-10-12-14-18-23(26)27/h21H,2-20H2,1H3,(H,26,27). The van der Waals surface area contributed by atoms with E-state index in [1.54, 1.807) is 0 Å². The Bertz CT molecular complexity index is 413. The summed E-state index contributed by atoms with van der Waals surface area (Å²) < 4.78 is 5.51. The van der Waals surface area contributed by atoms with Gasteiger partial charge < -0.3 is 14.7 Å². The molecule has 0 aliphatic carbocycles. The zero-order valence-electron chi connectivity index (χ0n) is 18.1. The van der Waals surface area contributed by atoms with E-state index >= 15 is 0 Å². The number of carbonyl (C=O) groups is 2. The smallest absolute Gasteiger partial charge is 0.303 e. The number of hydrogen-bond donors (Lipinski definition) is 1. The van der Waals surface area contributed by atoms with Gasteiger partial charge in [-0.1, -0.05) is 64.2 Å². The van der Waals surface area contributed by atoms with Gasteiger partial charge in [0, 0.05) is 26.0 Å². The van der Waals surface area contributed by atoms with Crippen LogP contribution in [0.3, 0.4) is 0 Å². The number of carboxylic acid groups (broad SMARTS) is 1. The van der Waals surface area contributed by atoms with Crippen LogP contribution >= 0.6 is 0 Å². The van der Waals surface area contributed by atoms with E-state index in [0.717, 1.165) is 45.3 Å². The number of carboxylic acids is 1. The van der Waals surface area contributed by atoms with Crippen LogP contribution in [-0.4, -0.2) is 47.7 Å². The molecular weight excluding hydrogens is 354 g/mol. The fraction of sp³-hybridized carbons (Fsp3) is 0.913. The number of aliphatic carboxylic acids is 1. The summed E-state index contributed by atoms with van der Waals surface area (Å²) in [7, 11) is 0. The summed E-state index contributed by atoms with van der Waals surface area (Å²) in [5.41, 5.74) is 0. The lowest BCUT2D eigenvalue weighted by Gasteiger charge is -2.24. The molecule has 5 nitrogen and oxygen atoms in total. The quantitative estimate of drug-likeness (QED) is 0.307. The van der Waals surface area contributed by atoms with E-state index in [-0.39, 0.29) is 0 Å². The summed E-state index contributed by atoms with van der Waals surface area (Å²) in [6.07, 6.45) is 17.4.